The van der Waals surface area contributed by atoms with Crippen molar-refractivity contribution in [2.75, 3.05) is 12.3 Å². The van der Waals surface area contributed by atoms with E-state index in [1.165, 1.54) is 5.56 Å². The summed E-state index contributed by atoms with van der Waals surface area (Å²) in [6.07, 6.45) is 4.34. The molecule has 3 N–H and O–H groups in total. The van der Waals surface area contributed by atoms with Gasteiger partial charge in [-0.15, -0.1) is 0 Å². The lowest BCUT2D eigenvalue weighted by molar-refractivity contribution is 0.506. The van der Waals surface area contributed by atoms with E-state index in [1.54, 1.807) is 0 Å². The average molecular weight is 282 g/mol. The monoisotopic (exact) mass is 282 g/mol. The maximum Gasteiger partial charge on any atom is 0.212 e. The van der Waals surface area contributed by atoms with Gasteiger partial charge in [-0.25, -0.2) is 13.1 Å². The van der Waals surface area contributed by atoms with E-state index in [-0.39, 0.29) is 11.8 Å². The van der Waals surface area contributed by atoms with Crippen LogP contribution in [0.25, 0.3) is 0 Å². The van der Waals surface area contributed by atoms with Gasteiger partial charge in [0.25, 0.3) is 0 Å². The third kappa shape index (κ3) is 4.03. The highest BCUT2D eigenvalue weighted by atomic mass is 32.2. The van der Waals surface area contributed by atoms with Crippen LogP contribution in [0.5, 0.6) is 0 Å². The molecule has 1 unspecified atom stereocenters. The minimum Gasteiger partial charge on any atom is -0.330 e. The normalized spacial score (nSPS) is 19.1. The summed E-state index contributed by atoms with van der Waals surface area (Å²) in [6, 6.07) is 8.04. The molecule has 0 amide bonds. The Morgan fingerprint density at radius 1 is 1.26 bits per heavy atom. The fourth-order valence-electron chi connectivity index (χ4n) is 2.59. The predicted octanol–water partition coefficient (Wildman–Crippen LogP) is 1.72. The summed E-state index contributed by atoms with van der Waals surface area (Å²) in [5.74, 6) is 0.170. The lowest BCUT2D eigenvalue weighted by Gasteiger charge is -2.26. The van der Waals surface area contributed by atoms with Gasteiger partial charge in [-0.1, -0.05) is 24.3 Å². The molecular formula is C14H22N2O2S. The Bertz CT molecular complexity index is 514. The fraction of sp³-hybridized carbons (Fsp3) is 0.571. The lowest BCUT2D eigenvalue weighted by Crippen LogP contribution is -2.32. The second-order valence-corrected chi connectivity index (χ2v) is 6.95. The van der Waals surface area contributed by atoms with Gasteiger partial charge in [0.05, 0.1) is 5.75 Å². The summed E-state index contributed by atoms with van der Waals surface area (Å²) in [5.41, 5.74) is 7.79. The van der Waals surface area contributed by atoms with Crippen molar-refractivity contribution in [2.45, 2.75) is 38.1 Å². The van der Waals surface area contributed by atoms with Gasteiger partial charge >= 0.3 is 0 Å². The van der Waals surface area contributed by atoms with Crippen LogP contribution in [0.15, 0.2) is 24.3 Å². The topological polar surface area (TPSA) is 72.2 Å². The number of fused-ring (bicyclic) bond motifs is 1. The second kappa shape index (κ2) is 6.50. The predicted molar refractivity (Wildman–Crippen MR) is 77.3 cm³/mol. The first-order valence-electron chi connectivity index (χ1n) is 6.90. The molecule has 0 saturated carbocycles. The summed E-state index contributed by atoms with van der Waals surface area (Å²) in [4.78, 5) is 0. The molecule has 4 nitrogen and oxygen atoms in total. The Kier molecular flexibility index (Phi) is 4.96. The van der Waals surface area contributed by atoms with Crippen molar-refractivity contribution in [3.8, 4) is 0 Å². The molecule has 0 saturated heterocycles. The van der Waals surface area contributed by atoms with Gasteiger partial charge in [0.1, 0.15) is 0 Å². The zero-order valence-corrected chi connectivity index (χ0v) is 12.0. The van der Waals surface area contributed by atoms with Crippen molar-refractivity contribution in [3.63, 3.8) is 0 Å². The van der Waals surface area contributed by atoms with E-state index in [0.29, 0.717) is 13.0 Å². The van der Waals surface area contributed by atoms with E-state index in [0.717, 1.165) is 31.2 Å². The second-order valence-electron chi connectivity index (χ2n) is 5.08. The highest BCUT2D eigenvalue weighted by Crippen LogP contribution is 2.29. The highest BCUT2D eigenvalue weighted by Gasteiger charge is 2.23. The summed E-state index contributed by atoms with van der Waals surface area (Å²) in [6.45, 7) is 0.543. The van der Waals surface area contributed by atoms with Crippen LogP contribution in [0.1, 0.15) is 42.9 Å². The smallest absolute Gasteiger partial charge is 0.212 e. The van der Waals surface area contributed by atoms with Gasteiger partial charge in [0, 0.05) is 6.04 Å². The van der Waals surface area contributed by atoms with Crippen molar-refractivity contribution >= 4 is 10.0 Å². The first-order chi connectivity index (χ1) is 9.12. The highest BCUT2D eigenvalue weighted by molar-refractivity contribution is 7.89. The lowest BCUT2D eigenvalue weighted by atomic mass is 9.88. The van der Waals surface area contributed by atoms with Crippen LogP contribution in [0.3, 0.4) is 0 Å². The molecule has 1 aliphatic carbocycles. The van der Waals surface area contributed by atoms with Crippen LogP contribution >= 0.6 is 0 Å². The first-order valence-corrected chi connectivity index (χ1v) is 8.55. The first kappa shape index (κ1) is 14.5. The maximum atomic E-state index is 12.0. The molecule has 0 fully saturated rings. The molecule has 1 atom stereocenters. The third-order valence-corrected chi connectivity index (χ3v) is 5.03. The minimum atomic E-state index is -3.20. The van der Waals surface area contributed by atoms with E-state index < -0.39 is 10.0 Å². The van der Waals surface area contributed by atoms with Crippen LogP contribution in [0, 0.1) is 0 Å². The van der Waals surface area contributed by atoms with Gasteiger partial charge in [0.2, 0.25) is 10.0 Å². The molecule has 0 spiro atoms. The van der Waals surface area contributed by atoms with Gasteiger partial charge in [-0.2, -0.15) is 0 Å². The van der Waals surface area contributed by atoms with Crippen LogP contribution in [-0.2, 0) is 16.4 Å². The molecular weight excluding hydrogens is 260 g/mol. The molecule has 0 radical (unpaired) electrons. The van der Waals surface area contributed by atoms with E-state index in [4.69, 9.17) is 5.73 Å². The molecule has 19 heavy (non-hydrogen) atoms. The van der Waals surface area contributed by atoms with Gasteiger partial charge in [0.15, 0.2) is 0 Å². The zero-order valence-electron chi connectivity index (χ0n) is 11.1. The molecule has 106 valence electrons. The summed E-state index contributed by atoms with van der Waals surface area (Å²) in [7, 11) is -3.20. The van der Waals surface area contributed by atoms with Gasteiger partial charge in [-0.3, -0.25) is 0 Å². The third-order valence-electron chi connectivity index (χ3n) is 3.56. The number of sulfonamides is 1. The number of nitrogens with two attached hydrogens (primary N) is 1. The zero-order chi connectivity index (χ0) is 13.7. The maximum absolute atomic E-state index is 12.0. The Balaban J connectivity index is 2.04. The van der Waals surface area contributed by atoms with Crippen molar-refractivity contribution in [1.82, 2.24) is 4.72 Å². The average Bonchev–Trinajstić information content (AvgIpc) is 2.39. The molecule has 1 aromatic carbocycles. The van der Waals surface area contributed by atoms with E-state index in [2.05, 4.69) is 10.8 Å². The quantitative estimate of drug-likeness (QED) is 0.780. The van der Waals surface area contributed by atoms with E-state index in [9.17, 15) is 8.42 Å². The van der Waals surface area contributed by atoms with Crippen LogP contribution in [0.4, 0.5) is 0 Å². The van der Waals surface area contributed by atoms with Crippen molar-refractivity contribution < 1.29 is 8.42 Å². The van der Waals surface area contributed by atoms with Crippen LogP contribution in [0.2, 0.25) is 0 Å². The fourth-order valence-corrected chi connectivity index (χ4v) is 3.97. The number of benzene rings is 1. The number of rotatable bonds is 6. The standard InChI is InChI=1S/C14H22N2O2S/c15-10-3-4-11-19(17,18)16-14-9-5-7-12-6-1-2-8-13(12)14/h1-2,6,8,14,16H,3-5,7,9-11,15H2. The molecule has 5 heteroatoms. The summed E-state index contributed by atoms with van der Waals surface area (Å²) in [5, 5.41) is 0. The van der Waals surface area contributed by atoms with Crippen LogP contribution in [-0.4, -0.2) is 20.7 Å². The number of hydrogen-bond acceptors (Lipinski definition) is 3. The SMILES string of the molecule is NCCCCS(=O)(=O)NC1CCCc2ccccc21. The Hall–Kier alpha value is -0.910. The number of nitrogens with one attached hydrogen (secondary N) is 1. The molecule has 0 aromatic heterocycles. The van der Waals surface area contributed by atoms with Crippen molar-refractivity contribution in [3.05, 3.63) is 35.4 Å². The van der Waals surface area contributed by atoms with Crippen molar-refractivity contribution in [1.29, 1.82) is 0 Å². The molecule has 1 aromatic rings. The number of aryl methyl sites for hydroxylation is 1. The minimum absolute atomic E-state index is 0.0622. The van der Waals surface area contributed by atoms with Gasteiger partial charge < -0.3 is 5.73 Å². The Labute approximate surface area is 115 Å². The van der Waals surface area contributed by atoms with E-state index in [1.807, 2.05) is 18.2 Å². The summed E-state index contributed by atoms with van der Waals surface area (Å²) >= 11 is 0. The molecule has 1 aliphatic rings. The van der Waals surface area contributed by atoms with Crippen LogP contribution < -0.4 is 10.5 Å². The number of unbranched alkanes of at least 4 members (excludes halogenated alkanes) is 1. The molecule has 2 rings (SSSR count). The molecule has 0 aliphatic heterocycles. The van der Waals surface area contributed by atoms with Crippen molar-refractivity contribution in [2.24, 2.45) is 5.73 Å². The van der Waals surface area contributed by atoms with E-state index >= 15 is 0 Å². The molecule has 0 bridgehead atoms. The summed E-state index contributed by atoms with van der Waals surface area (Å²) < 4.78 is 26.9. The molecule has 0 heterocycles. The number of hydrogen-bond donors (Lipinski definition) is 2. The largest absolute Gasteiger partial charge is 0.330 e. The Morgan fingerprint density at radius 2 is 2.05 bits per heavy atom. The van der Waals surface area contributed by atoms with Gasteiger partial charge in [-0.05, 0) is 49.8 Å². The Morgan fingerprint density at radius 3 is 2.84 bits per heavy atom.